The number of hydrogen-bond acceptors (Lipinski definition) is 7. The summed E-state index contributed by atoms with van der Waals surface area (Å²) in [5.41, 5.74) is -0.0969. The minimum Gasteiger partial charge on any atom is -0.364 e. The molecule has 0 saturated carbocycles. The second-order valence-electron chi connectivity index (χ2n) is 4.32. The van der Waals surface area contributed by atoms with Gasteiger partial charge in [0.25, 0.3) is 0 Å². The first-order valence-corrected chi connectivity index (χ1v) is 7.30. The molecule has 0 spiro atoms. The van der Waals surface area contributed by atoms with E-state index in [0.29, 0.717) is 24.2 Å². The molecule has 0 bridgehead atoms. The molecular formula is C11H19N5O2S. The van der Waals surface area contributed by atoms with Gasteiger partial charge in [-0.05, 0) is 19.1 Å². The summed E-state index contributed by atoms with van der Waals surface area (Å²) in [6, 6.07) is 0. The SMILES string of the molecule is CCNc1nc(SC)nc(NCC(C)C)c1[N+](=O)[O-]. The van der Waals surface area contributed by atoms with Crippen LogP contribution in [-0.2, 0) is 0 Å². The first-order chi connectivity index (χ1) is 8.99. The van der Waals surface area contributed by atoms with Gasteiger partial charge in [0.15, 0.2) is 5.16 Å². The average molecular weight is 285 g/mol. The van der Waals surface area contributed by atoms with Gasteiger partial charge in [-0.15, -0.1) is 0 Å². The molecule has 0 unspecified atom stereocenters. The second-order valence-corrected chi connectivity index (χ2v) is 5.09. The summed E-state index contributed by atoms with van der Waals surface area (Å²) in [5.74, 6) is 0.905. The molecule has 19 heavy (non-hydrogen) atoms. The lowest BCUT2D eigenvalue weighted by molar-refractivity contribution is -0.383. The van der Waals surface area contributed by atoms with E-state index in [4.69, 9.17) is 0 Å². The standard InChI is InChI=1S/C11H19N5O2S/c1-5-12-9-8(16(17)18)10(13-6-7(2)3)15-11(14-9)19-4/h7H,5-6H2,1-4H3,(H2,12,13,14,15). The number of nitrogens with one attached hydrogen (secondary N) is 2. The molecule has 0 radical (unpaired) electrons. The molecule has 0 aliphatic heterocycles. The van der Waals surface area contributed by atoms with E-state index in [-0.39, 0.29) is 17.3 Å². The predicted octanol–water partition coefficient (Wildman–Crippen LogP) is 2.61. The van der Waals surface area contributed by atoms with E-state index in [1.54, 1.807) is 0 Å². The topological polar surface area (TPSA) is 93.0 Å². The van der Waals surface area contributed by atoms with Crippen LogP contribution in [0.15, 0.2) is 5.16 Å². The smallest absolute Gasteiger partial charge is 0.353 e. The van der Waals surface area contributed by atoms with Gasteiger partial charge in [-0.2, -0.15) is 9.97 Å². The molecule has 7 nitrogen and oxygen atoms in total. The zero-order valence-corrected chi connectivity index (χ0v) is 12.4. The summed E-state index contributed by atoms with van der Waals surface area (Å²) < 4.78 is 0. The van der Waals surface area contributed by atoms with Crippen LogP contribution in [-0.4, -0.2) is 34.2 Å². The summed E-state index contributed by atoms with van der Waals surface area (Å²) in [5, 5.41) is 17.6. The molecule has 1 aromatic heterocycles. The molecule has 0 amide bonds. The van der Waals surface area contributed by atoms with Crippen molar-refractivity contribution < 1.29 is 4.92 Å². The maximum Gasteiger partial charge on any atom is 0.353 e. The molecule has 106 valence electrons. The van der Waals surface area contributed by atoms with Gasteiger partial charge in [-0.1, -0.05) is 25.6 Å². The van der Waals surface area contributed by atoms with Crippen LogP contribution < -0.4 is 10.6 Å². The Bertz CT molecular complexity index is 453. The van der Waals surface area contributed by atoms with Gasteiger partial charge < -0.3 is 10.6 Å². The molecule has 0 aliphatic rings. The van der Waals surface area contributed by atoms with E-state index in [9.17, 15) is 10.1 Å². The van der Waals surface area contributed by atoms with Crippen molar-refractivity contribution in [3.63, 3.8) is 0 Å². The second kappa shape index (κ2) is 7.13. The molecular weight excluding hydrogens is 266 g/mol. The van der Waals surface area contributed by atoms with Crippen LogP contribution in [0.2, 0.25) is 0 Å². The zero-order valence-electron chi connectivity index (χ0n) is 11.6. The van der Waals surface area contributed by atoms with Crippen molar-refractivity contribution in [1.82, 2.24) is 9.97 Å². The summed E-state index contributed by atoms with van der Waals surface area (Å²) >= 11 is 1.35. The summed E-state index contributed by atoms with van der Waals surface area (Å²) in [4.78, 5) is 19.1. The fraction of sp³-hybridized carbons (Fsp3) is 0.636. The van der Waals surface area contributed by atoms with Gasteiger partial charge in [0, 0.05) is 13.1 Å². The first kappa shape index (κ1) is 15.5. The molecule has 0 saturated heterocycles. The lowest BCUT2D eigenvalue weighted by atomic mass is 10.2. The third kappa shape index (κ3) is 4.23. The van der Waals surface area contributed by atoms with Gasteiger partial charge in [0.05, 0.1) is 4.92 Å². The van der Waals surface area contributed by atoms with E-state index >= 15 is 0 Å². The van der Waals surface area contributed by atoms with Gasteiger partial charge >= 0.3 is 5.69 Å². The van der Waals surface area contributed by atoms with Crippen molar-refractivity contribution in [2.45, 2.75) is 25.9 Å². The van der Waals surface area contributed by atoms with E-state index < -0.39 is 4.92 Å². The van der Waals surface area contributed by atoms with E-state index in [1.807, 2.05) is 27.0 Å². The Morgan fingerprint density at radius 2 is 1.89 bits per heavy atom. The number of rotatable bonds is 7. The summed E-state index contributed by atoms with van der Waals surface area (Å²) in [6.45, 7) is 7.11. The number of nitrogens with zero attached hydrogens (tertiary/aromatic N) is 3. The highest BCUT2D eigenvalue weighted by molar-refractivity contribution is 7.98. The van der Waals surface area contributed by atoms with Crippen LogP contribution in [0.5, 0.6) is 0 Å². The average Bonchev–Trinajstić information content (AvgIpc) is 2.35. The predicted molar refractivity (Wildman–Crippen MR) is 78.0 cm³/mol. The largest absolute Gasteiger partial charge is 0.364 e. The van der Waals surface area contributed by atoms with Crippen molar-refractivity contribution in [2.75, 3.05) is 30.0 Å². The number of hydrogen-bond donors (Lipinski definition) is 2. The number of thioether (sulfide) groups is 1. The molecule has 1 heterocycles. The molecule has 0 aliphatic carbocycles. The maximum atomic E-state index is 11.2. The Kier molecular flexibility index (Phi) is 5.81. The zero-order chi connectivity index (χ0) is 14.4. The van der Waals surface area contributed by atoms with Crippen LogP contribution in [0.4, 0.5) is 17.3 Å². The number of anilines is 2. The molecule has 0 fully saturated rings. The van der Waals surface area contributed by atoms with Crippen molar-refractivity contribution in [3.8, 4) is 0 Å². The van der Waals surface area contributed by atoms with Crippen LogP contribution in [0.25, 0.3) is 0 Å². The monoisotopic (exact) mass is 285 g/mol. The fourth-order valence-corrected chi connectivity index (χ4v) is 1.78. The van der Waals surface area contributed by atoms with Crippen LogP contribution in [0.3, 0.4) is 0 Å². The van der Waals surface area contributed by atoms with Crippen molar-refractivity contribution in [1.29, 1.82) is 0 Å². The Morgan fingerprint density at radius 1 is 1.32 bits per heavy atom. The minimum absolute atomic E-state index is 0.0969. The van der Waals surface area contributed by atoms with Crippen LogP contribution in [0, 0.1) is 16.0 Å². The fourth-order valence-electron chi connectivity index (χ4n) is 1.41. The highest BCUT2D eigenvalue weighted by Crippen LogP contribution is 2.31. The first-order valence-electron chi connectivity index (χ1n) is 6.07. The third-order valence-electron chi connectivity index (χ3n) is 2.25. The van der Waals surface area contributed by atoms with Gasteiger partial charge in [-0.3, -0.25) is 10.1 Å². The highest BCUT2D eigenvalue weighted by Gasteiger charge is 2.24. The van der Waals surface area contributed by atoms with E-state index in [0.717, 1.165) is 0 Å². The van der Waals surface area contributed by atoms with E-state index in [1.165, 1.54) is 11.8 Å². The Balaban J connectivity index is 3.22. The molecule has 0 atom stereocenters. The summed E-state index contributed by atoms with van der Waals surface area (Å²) in [7, 11) is 0. The molecule has 8 heteroatoms. The quantitative estimate of drug-likeness (QED) is 0.344. The number of nitro groups is 1. The summed E-state index contributed by atoms with van der Waals surface area (Å²) in [6.07, 6.45) is 1.84. The van der Waals surface area contributed by atoms with Crippen molar-refractivity contribution in [3.05, 3.63) is 10.1 Å². The minimum atomic E-state index is -0.454. The number of aromatic nitrogens is 2. The highest BCUT2D eigenvalue weighted by atomic mass is 32.2. The maximum absolute atomic E-state index is 11.2. The Labute approximate surface area is 116 Å². The molecule has 0 aromatic carbocycles. The van der Waals surface area contributed by atoms with Crippen LogP contribution in [0.1, 0.15) is 20.8 Å². The lowest BCUT2D eigenvalue weighted by Crippen LogP contribution is -2.14. The molecule has 1 rings (SSSR count). The van der Waals surface area contributed by atoms with E-state index in [2.05, 4.69) is 20.6 Å². The normalized spacial score (nSPS) is 10.6. The lowest BCUT2D eigenvalue weighted by Gasteiger charge is -2.12. The van der Waals surface area contributed by atoms with Gasteiger partial charge in [-0.25, -0.2) is 0 Å². The Morgan fingerprint density at radius 3 is 2.32 bits per heavy atom. The molecule has 1 aromatic rings. The van der Waals surface area contributed by atoms with Gasteiger partial charge in [0.1, 0.15) is 0 Å². The molecule has 2 N–H and O–H groups in total. The van der Waals surface area contributed by atoms with Crippen molar-refractivity contribution in [2.24, 2.45) is 5.92 Å². The van der Waals surface area contributed by atoms with Crippen LogP contribution >= 0.6 is 11.8 Å². The van der Waals surface area contributed by atoms with Crippen molar-refractivity contribution >= 4 is 29.1 Å². The van der Waals surface area contributed by atoms with Gasteiger partial charge in [0.2, 0.25) is 11.6 Å². The Hall–Kier alpha value is -1.57. The third-order valence-corrected chi connectivity index (χ3v) is 2.80.